The Kier molecular flexibility index (Phi) is 4.12. The maximum Gasteiger partial charge on any atom is 0.261 e. The molecule has 0 saturated heterocycles. The number of hydrogen-bond acceptors (Lipinski definition) is 4. The number of aryl methyl sites for hydroxylation is 3. The fraction of sp³-hybridized carbons (Fsp3) is 0.294. The Morgan fingerprint density at radius 1 is 1.28 bits per heavy atom. The molecule has 0 aliphatic heterocycles. The minimum absolute atomic E-state index is 0.145. The van der Waals surface area contributed by atoms with Gasteiger partial charge in [-0.05, 0) is 39.0 Å². The van der Waals surface area contributed by atoms with Gasteiger partial charge in [-0.15, -0.1) is 0 Å². The molecule has 7 nitrogen and oxygen atoms in total. The number of carbonyl (C=O) groups is 1. The second kappa shape index (κ2) is 6.12. The van der Waals surface area contributed by atoms with Gasteiger partial charge >= 0.3 is 0 Å². The number of carbonyl (C=O) groups excluding carboxylic acids is 1. The molecule has 25 heavy (non-hydrogen) atoms. The van der Waals surface area contributed by atoms with Crippen LogP contribution in [0.25, 0.3) is 10.9 Å². The fourth-order valence-electron chi connectivity index (χ4n) is 2.77. The molecule has 2 heterocycles. The van der Waals surface area contributed by atoms with Crippen molar-refractivity contribution >= 4 is 22.5 Å². The molecule has 0 unspecified atom stereocenters. The van der Waals surface area contributed by atoms with Gasteiger partial charge in [-0.1, -0.05) is 0 Å². The normalized spacial score (nSPS) is 11.1. The van der Waals surface area contributed by atoms with Crippen molar-refractivity contribution in [3.05, 3.63) is 51.6 Å². The predicted octanol–water partition coefficient (Wildman–Crippen LogP) is 1.83. The van der Waals surface area contributed by atoms with Crippen molar-refractivity contribution < 1.29 is 9.18 Å². The Morgan fingerprint density at radius 2 is 2.00 bits per heavy atom. The largest absolute Gasteiger partial charge is 0.321 e. The van der Waals surface area contributed by atoms with E-state index in [4.69, 9.17) is 0 Å². The molecular weight excluding hydrogens is 325 g/mol. The minimum atomic E-state index is -0.520. The van der Waals surface area contributed by atoms with Crippen LogP contribution in [0, 0.1) is 26.6 Å². The molecule has 2 aromatic heterocycles. The minimum Gasteiger partial charge on any atom is -0.321 e. The highest BCUT2D eigenvalue weighted by molar-refractivity contribution is 5.92. The van der Waals surface area contributed by atoms with Gasteiger partial charge < -0.3 is 5.32 Å². The van der Waals surface area contributed by atoms with Crippen LogP contribution in [-0.4, -0.2) is 25.2 Å². The van der Waals surface area contributed by atoms with Crippen LogP contribution in [0.2, 0.25) is 0 Å². The van der Waals surface area contributed by atoms with E-state index in [1.807, 2.05) is 6.92 Å². The van der Waals surface area contributed by atoms with Crippen LogP contribution in [-0.2, 0) is 18.4 Å². The van der Waals surface area contributed by atoms with Crippen molar-refractivity contribution in [3.8, 4) is 0 Å². The van der Waals surface area contributed by atoms with Gasteiger partial charge in [0.05, 0.1) is 28.0 Å². The molecule has 1 aromatic carbocycles. The van der Waals surface area contributed by atoms with E-state index >= 15 is 0 Å². The van der Waals surface area contributed by atoms with Gasteiger partial charge in [-0.2, -0.15) is 5.10 Å². The molecule has 130 valence electrons. The number of nitrogens with one attached hydrogen (secondary N) is 1. The highest BCUT2D eigenvalue weighted by Gasteiger charge is 2.15. The lowest BCUT2D eigenvalue weighted by Crippen LogP contribution is -2.30. The monoisotopic (exact) mass is 343 g/mol. The van der Waals surface area contributed by atoms with E-state index in [0.717, 1.165) is 11.8 Å². The molecule has 8 heteroatoms. The first-order valence-electron chi connectivity index (χ1n) is 7.74. The van der Waals surface area contributed by atoms with Gasteiger partial charge in [0.25, 0.3) is 5.56 Å². The molecule has 0 radical (unpaired) electrons. The molecule has 0 aliphatic carbocycles. The van der Waals surface area contributed by atoms with Crippen molar-refractivity contribution in [2.24, 2.45) is 7.05 Å². The number of benzene rings is 1. The summed E-state index contributed by atoms with van der Waals surface area (Å²) in [7, 11) is 1.79. The van der Waals surface area contributed by atoms with E-state index in [2.05, 4.69) is 15.4 Å². The average Bonchev–Trinajstić information content (AvgIpc) is 2.79. The third-order valence-corrected chi connectivity index (χ3v) is 4.18. The molecule has 3 rings (SSSR count). The summed E-state index contributed by atoms with van der Waals surface area (Å²) in [5.74, 6) is -0.506. The number of hydrogen-bond donors (Lipinski definition) is 1. The van der Waals surface area contributed by atoms with Gasteiger partial charge in [-0.3, -0.25) is 18.8 Å². The zero-order valence-corrected chi connectivity index (χ0v) is 14.4. The number of rotatable bonds is 3. The van der Waals surface area contributed by atoms with Gasteiger partial charge in [0.1, 0.15) is 18.2 Å². The molecule has 1 amide bonds. The van der Waals surface area contributed by atoms with Crippen LogP contribution in [0.5, 0.6) is 0 Å². The van der Waals surface area contributed by atoms with E-state index in [1.54, 1.807) is 25.6 Å². The summed E-state index contributed by atoms with van der Waals surface area (Å²) in [5, 5.41) is 7.16. The molecule has 3 aromatic rings. The van der Waals surface area contributed by atoms with Crippen LogP contribution in [0.15, 0.2) is 23.0 Å². The van der Waals surface area contributed by atoms with E-state index in [-0.39, 0.29) is 17.8 Å². The maximum atomic E-state index is 13.4. The Bertz CT molecular complexity index is 1050. The number of fused-ring (bicyclic) bond motifs is 1. The van der Waals surface area contributed by atoms with E-state index < -0.39 is 11.4 Å². The molecular formula is C17H18FN5O2. The van der Waals surface area contributed by atoms with Crippen molar-refractivity contribution in [1.82, 2.24) is 19.3 Å². The summed E-state index contributed by atoms with van der Waals surface area (Å²) in [6.45, 7) is 5.06. The summed E-state index contributed by atoms with van der Waals surface area (Å²) in [6, 6.07) is 3.83. The van der Waals surface area contributed by atoms with Gasteiger partial charge in [0.2, 0.25) is 5.91 Å². The average molecular weight is 343 g/mol. The molecule has 0 spiro atoms. The first kappa shape index (κ1) is 16.8. The fourth-order valence-corrected chi connectivity index (χ4v) is 2.77. The van der Waals surface area contributed by atoms with Crippen molar-refractivity contribution in [2.75, 3.05) is 5.32 Å². The molecule has 0 atom stereocenters. The van der Waals surface area contributed by atoms with E-state index in [0.29, 0.717) is 22.7 Å². The second-order valence-electron chi connectivity index (χ2n) is 5.93. The molecule has 0 fully saturated rings. The summed E-state index contributed by atoms with van der Waals surface area (Å²) in [4.78, 5) is 29.3. The quantitative estimate of drug-likeness (QED) is 0.787. The highest BCUT2D eigenvalue weighted by atomic mass is 19.1. The zero-order chi connectivity index (χ0) is 18.3. The second-order valence-corrected chi connectivity index (χ2v) is 5.93. The lowest BCUT2D eigenvalue weighted by Gasteiger charge is -2.11. The topological polar surface area (TPSA) is 81.8 Å². The number of aromatic nitrogens is 4. The first-order chi connectivity index (χ1) is 11.8. The summed E-state index contributed by atoms with van der Waals surface area (Å²) in [5.41, 5.74) is 2.08. The Balaban J connectivity index is 1.95. The maximum absolute atomic E-state index is 13.4. The lowest BCUT2D eigenvalue weighted by molar-refractivity contribution is -0.116. The van der Waals surface area contributed by atoms with Crippen LogP contribution in [0.1, 0.15) is 17.2 Å². The Labute approximate surface area is 143 Å². The molecule has 0 aliphatic rings. The summed E-state index contributed by atoms with van der Waals surface area (Å²) >= 11 is 0. The number of amides is 1. The van der Waals surface area contributed by atoms with Gasteiger partial charge in [0, 0.05) is 7.05 Å². The van der Waals surface area contributed by atoms with Crippen molar-refractivity contribution in [2.45, 2.75) is 27.3 Å². The summed E-state index contributed by atoms with van der Waals surface area (Å²) in [6.07, 6.45) is 0. The third kappa shape index (κ3) is 3.02. The van der Waals surface area contributed by atoms with Gasteiger partial charge in [0.15, 0.2) is 0 Å². The molecule has 0 saturated carbocycles. The smallest absolute Gasteiger partial charge is 0.261 e. The Morgan fingerprint density at radius 3 is 2.64 bits per heavy atom. The first-order valence-corrected chi connectivity index (χ1v) is 7.74. The van der Waals surface area contributed by atoms with Crippen LogP contribution in [0.4, 0.5) is 10.1 Å². The predicted molar refractivity (Wildman–Crippen MR) is 92.0 cm³/mol. The number of nitrogens with zero attached hydrogens (tertiary/aromatic N) is 4. The standard InChI is InChI=1S/C17H18FN5O2/c1-9-16(10(2)22(4)21-9)20-15(24)8-23-11(3)19-14-6-5-12(18)7-13(14)17(23)25/h5-7H,8H2,1-4H3,(H,20,24). The van der Waals surface area contributed by atoms with Crippen LogP contribution in [0.3, 0.4) is 0 Å². The summed E-state index contributed by atoms with van der Waals surface area (Å²) < 4.78 is 16.3. The van der Waals surface area contributed by atoms with E-state index in [1.165, 1.54) is 16.7 Å². The zero-order valence-electron chi connectivity index (χ0n) is 14.4. The van der Waals surface area contributed by atoms with Crippen LogP contribution >= 0.6 is 0 Å². The highest BCUT2D eigenvalue weighted by Crippen LogP contribution is 2.18. The van der Waals surface area contributed by atoms with Crippen LogP contribution < -0.4 is 10.9 Å². The molecule has 0 bridgehead atoms. The number of anilines is 1. The Hall–Kier alpha value is -3.03. The van der Waals surface area contributed by atoms with Crippen molar-refractivity contribution in [1.29, 1.82) is 0 Å². The SMILES string of the molecule is Cc1nn(C)c(C)c1NC(=O)Cn1c(C)nc2ccc(F)cc2c1=O. The lowest BCUT2D eigenvalue weighted by atomic mass is 10.2. The third-order valence-electron chi connectivity index (χ3n) is 4.18. The molecule has 1 N–H and O–H groups in total. The van der Waals surface area contributed by atoms with E-state index in [9.17, 15) is 14.0 Å². The van der Waals surface area contributed by atoms with Crippen molar-refractivity contribution in [3.63, 3.8) is 0 Å². The number of halogens is 1. The van der Waals surface area contributed by atoms with Gasteiger partial charge in [-0.25, -0.2) is 9.37 Å².